The lowest BCUT2D eigenvalue weighted by molar-refractivity contribution is 0.0124. The van der Waals surface area contributed by atoms with Gasteiger partial charge in [0, 0.05) is 38.3 Å². The highest BCUT2D eigenvalue weighted by molar-refractivity contribution is 6.21. The molecule has 2 aliphatic rings. The average molecular weight is 373 g/mol. The average Bonchev–Trinajstić information content (AvgIpc) is 2.89. The van der Waals surface area contributed by atoms with E-state index < -0.39 is 0 Å². The zero-order valence-corrected chi connectivity index (χ0v) is 16.2. The van der Waals surface area contributed by atoms with Crippen molar-refractivity contribution < 1.29 is 19.1 Å². The summed E-state index contributed by atoms with van der Waals surface area (Å²) in [6.07, 6.45) is 0.988. The van der Waals surface area contributed by atoms with Crippen molar-refractivity contribution >= 4 is 17.7 Å². The van der Waals surface area contributed by atoms with Crippen LogP contribution in [0, 0.1) is 5.92 Å². The van der Waals surface area contributed by atoms with Crippen LogP contribution in [0.3, 0.4) is 0 Å². The number of fused-ring (bicyclic) bond motifs is 1. The lowest BCUT2D eigenvalue weighted by atomic mass is 10.0. The lowest BCUT2D eigenvalue weighted by Crippen LogP contribution is -2.49. The van der Waals surface area contributed by atoms with E-state index in [-0.39, 0.29) is 23.8 Å². The van der Waals surface area contributed by atoms with Crippen LogP contribution in [0.2, 0.25) is 0 Å². The number of imide groups is 1. The molecule has 1 fully saturated rings. The number of nitrogens with zero attached hydrogens (tertiary/aromatic N) is 2. The van der Waals surface area contributed by atoms with Crippen molar-refractivity contribution in [3.8, 4) is 0 Å². The summed E-state index contributed by atoms with van der Waals surface area (Å²) >= 11 is 0. The van der Waals surface area contributed by atoms with Gasteiger partial charge in [-0.25, -0.2) is 0 Å². The lowest BCUT2D eigenvalue weighted by Gasteiger charge is -2.35. The normalized spacial score (nSPS) is 18.7. The molecule has 0 bridgehead atoms. The number of amides is 3. The summed E-state index contributed by atoms with van der Waals surface area (Å²) in [5.41, 5.74) is 1.04. The van der Waals surface area contributed by atoms with Crippen LogP contribution in [0.4, 0.5) is 0 Å². The van der Waals surface area contributed by atoms with Gasteiger partial charge in [-0.05, 0) is 30.5 Å². The smallest absolute Gasteiger partial charge is 0.261 e. The number of nitrogens with one attached hydrogen (secondary N) is 1. The quantitative estimate of drug-likeness (QED) is 0.763. The second kappa shape index (κ2) is 8.19. The first-order chi connectivity index (χ1) is 12.9. The first-order valence-corrected chi connectivity index (χ1v) is 9.45. The number of carbonyl (C=O) groups excluding carboxylic acids is 3. The number of hydrogen-bond acceptors (Lipinski definition) is 5. The molecule has 0 spiro atoms. The van der Waals surface area contributed by atoms with Gasteiger partial charge in [-0.1, -0.05) is 13.8 Å². The zero-order chi connectivity index (χ0) is 19.6. The molecule has 3 amide bonds. The Labute approximate surface area is 159 Å². The maximum absolute atomic E-state index is 12.6. The van der Waals surface area contributed by atoms with Crippen LogP contribution >= 0.6 is 0 Å². The Morgan fingerprint density at radius 2 is 1.81 bits per heavy atom. The SMILES string of the molecule is CC(C)C[C@@H](CNC(=O)c1ccc2c(c1)C(=O)N(C)C2=O)N1CCOCC1. The van der Waals surface area contributed by atoms with Crippen molar-refractivity contribution in [2.75, 3.05) is 39.9 Å². The van der Waals surface area contributed by atoms with E-state index in [9.17, 15) is 14.4 Å². The van der Waals surface area contributed by atoms with E-state index in [0.29, 0.717) is 29.2 Å². The van der Waals surface area contributed by atoms with E-state index in [1.165, 1.54) is 13.1 Å². The van der Waals surface area contributed by atoms with Gasteiger partial charge >= 0.3 is 0 Å². The molecule has 1 aromatic rings. The van der Waals surface area contributed by atoms with Crippen molar-refractivity contribution in [3.05, 3.63) is 34.9 Å². The molecule has 0 radical (unpaired) electrons. The molecule has 1 saturated heterocycles. The van der Waals surface area contributed by atoms with E-state index in [0.717, 1.165) is 37.6 Å². The van der Waals surface area contributed by atoms with Gasteiger partial charge in [0.15, 0.2) is 0 Å². The molecule has 0 aromatic heterocycles. The number of ether oxygens (including phenoxy) is 1. The first-order valence-electron chi connectivity index (χ1n) is 9.45. The summed E-state index contributed by atoms with van der Waals surface area (Å²) in [6.45, 7) is 8.07. The number of hydrogen-bond donors (Lipinski definition) is 1. The minimum Gasteiger partial charge on any atom is -0.379 e. The Hall–Kier alpha value is -2.25. The van der Waals surface area contributed by atoms with Gasteiger partial charge in [0.2, 0.25) is 0 Å². The third-order valence-electron chi connectivity index (χ3n) is 5.16. The standard InChI is InChI=1S/C20H27N3O4/c1-13(2)10-15(23-6-8-27-9-7-23)12-21-18(24)14-4-5-16-17(11-14)20(26)22(3)19(16)25/h4-5,11,13,15H,6-10,12H2,1-3H3,(H,21,24)/t15-/m0/s1. The molecule has 1 aromatic carbocycles. The molecule has 7 heteroatoms. The van der Waals surface area contributed by atoms with Crippen LogP contribution in [0.5, 0.6) is 0 Å². The maximum Gasteiger partial charge on any atom is 0.261 e. The van der Waals surface area contributed by atoms with Crippen molar-refractivity contribution in [1.82, 2.24) is 15.1 Å². The highest BCUT2D eigenvalue weighted by Crippen LogP contribution is 2.22. The Morgan fingerprint density at radius 3 is 2.48 bits per heavy atom. The van der Waals surface area contributed by atoms with E-state index >= 15 is 0 Å². The summed E-state index contributed by atoms with van der Waals surface area (Å²) in [7, 11) is 1.45. The fourth-order valence-electron chi connectivity index (χ4n) is 3.66. The minimum absolute atomic E-state index is 0.227. The summed E-state index contributed by atoms with van der Waals surface area (Å²) in [5.74, 6) is -0.398. The van der Waals surface area contributed by atoms with Crippen LogP contribution in [0.25, 0.3) is 0 Å². The molecule has 1 N–H and O–H groups in total. The van der Waals surface area contributed by atoms with E-state index in [1.54, 1.807) is 12.1 Å². The zero-order valence-electron chi connectivity index (χ0n) is 16.2. The molecule has 0 unspecified atom stereocenters. The molecule has 146 valence electrons. The van der Waals surface area contributed by atoms with E-state index in [2.05, 4.69) is 24.1 Å². The molecule has 0 aliphatic carbocycles. The minimum atomic E-state index is -0.365. The van der Waals surface area contributed by atoms with Gasteiger partial charge < -0.3 is 10.1 Å². The van der Waals surface area contributed by atoms with Crippen LogP contribution < -0.4 is 5.32 Å². The summed E-state index contributed by atoms with van der Waals surface area (Å²) in [4.78, 5) is 40.2. The van der Waals surface area contributed by atoms with Crippen molar-refractivity contribution in [2.24, 2.45) is 5.92 Å². The van der Waals surface area contributed by atoms with Crippen LogP contribution in [-0.4, -0.2) is 73.5 Å². The molecule has 3 rings (SSSR count). The summed E-state index contributed by atoms with van der Waals surface area (Å²) < 4.78 is 5.43. The van der Waals surface area contributed by atoms with Crippen molar-refractivity contribution in [1.29, 1.82) is 0 Å². The monoisotopic (exact) mass is 373 g/mol. The van der Waals surface area contributed by atoms with Gasteiger partial charge in [0.05, 0.1) is 24.3 Å². The highest BCUT2D eigenvalue weighted by atomic mass is 16.5. The summed E-state index contributed by atoms with van der Waals surface area (Å²) in [6, 6.07) is 4.92. The Morgan fingerprint density at radius 1 is 1.15 bits per heavy atom. The van der Waals surface area contributed by atoms with Crippen LogP contribution in [0.15, 0.2) is 18.2 Å². The molecule has 7 nitrogen and oxygen atoms in total. The molecule has 2 heterocycles. The predicted molar refractivity (Wildman–Crippen MR) is 101 cm³/mol. The molecule has 0 saturated carbocycles. The topological polar surface area (TPSA) is 79.0 Å². The molecule has 27 heavy (non-hydrogen) atoms. The van der Waals surface area contributed by atoms with Gasteiger partial charge in [-0.2, -0.15) is 0 Å². The number of morpholine rings is 1. The third-order valence-corrected chi connectivity index (χ3v) is 5.16. The fourth-order valence-corrected chi connectivity index (χ4v) is 3.66. The number of benzene rings is 1. The molecular weight excluding hydrogens is 346 g/mol. The van der Waals surface area contributed by atoms with E-state index in [1.807, 2.05) is 0 Å². The Bertz CT molecular complexity index is 741. The highest BCUT2D eigenvalue weighted by Gasteiger charge is 2.33. The first kappa shape index (κ1) is 19.5. The predicted octanol–water partition coefficient (Wildman–Crippen LogP) is 1.39. The Balaban J connectivity index is 1.67. The second-order valence-electron chi connectivity index (χ2n) is 7.57. The summed E-state index contributed by atoms with van der Waals surface area (Å²) in [5, 5.41) is 3.00. The van der Waals surface area contributed by atoms with Gasteiger partial charge in [-0.15, -0.1) is 0 Å². The third kappa shape index (κ3) is 4.20. The van der Waals surface area contributed by atoms with Gasteiger partial charge in [0.25, 0.3) is 17.7 Å². The van der Waals surface area contributed by atoms with Crippen molar-refractivity contribution in [3.63, 3.8) is 0 Å². The molecular formula is C20H27N3O4. The largest absolute Gasteiger partial charge is 0.379 e. The number of rotatable bonds is 6. The fraction of sp³-hybridized carbons (Fsp3) is 0.550. The van der Waals surface area contributed by atoms with Gasteiger partial charge in [-0.3, -0.25) is 24.2 Å². The molecule has 2 aliphatic heterocycles. The number of carbonyl (C=O) groups is 3. The molecule has 1 atom stereocenters. The second-order valence-corrected chi connectivity index (χ2v) is 7.57. The van der Waals surface area contributed by atoms with Gasteiger partial charge in [0.1, 0.15) is 0 Å². The van der Waals surface area contributed by atoms with E-state index in [4.69, 9.17) is 4.74 Å². The Kier molecular flexibility index (Phi) is 5.92. The maximum atomic E-state index is 12.6. The van der Waals surface area contributed by atoms with Crippen LogP contribution in [-0.2, 0) is 4.74 Å². The van der Waals surface area contributed by atoms with Crippen molar-refractivity contribution in [2.45, 2.75) is 26.3 Å². The van der Waals surface area contributed by atoms with Crippen LogP contribution in [0.1, 0.15) is 51.3 Å².